The molecule has 1 saturated heterocycles. The number of aromatic nitrogens is 2. The molecule has 1 aliphatic rings. The van der Waals surface area contributed by atoms with Crippen LogP contribution in [0.15, 0.2) is 0 Å². The molecule has 0 saturated carbocycles. The number of hydrogen-bond acceptors (Lipinski definition) is 5. The van der Waals surface area contributed by atoms with Crippen LogP contribution in [-0.2, 0) is 0 Å². The van der Waals surface area contributed by atoms with Gasteiger partial charge in [-0.2, -0.15) is 8.75 Å². The Morgan fingerprint density at radius 2 is 2.38 bits per heavy atom. The molecule has 1 unspecified atom stereocenters. The van der Waals surface area contributed by atoms with Crippen LogP contribution in [0.5, 0.6) is 0 Å². The number of nitrogens with zero attached hydrogens (tertiary/aromatic N) is 3. The zero-order chi connectivity index (χ0) is 9.47. The first-order chi connectivity index (χ1) is 6.08. The molecular formula is C7H10ClN3OS. The molecule has 0 radical (unpaired) electrons. The second-order valence-corrected chi connectivity index (χ2v) is 4.43. The number of halogens is 1. The van der Waals surface area contributed by atoms with Gasteiger partial charge in [-0.25, -0.2) is 0 Å². The van der Waals surface area contributed by atoms with Gasteiger partial charge in [0.2, 0.25) is 0 Å². The summed E-state index contributed by atoms with van der Waals surface area (Å²) < 4.78 is 7.96. The molecule has 1 fully saturated rings. The highest BCUT2D eigenvalue weighted by atomic mass is 35.5. The SMILES string of the molecule is CC1(O)CCN(c2nsnc2Cl)C1. The number of aliphatic hydroxyl groups is 1. The molecule has 2 rings (SSSR count). The van der Waals surface area contributed by atoms with E-state index >= 15 is 0 Å². The molecule has 6 heteroatoms. The van der Waals surface area contributed by atoms with Crippen LogP contribution in [0.1, 0.15) is 13.3 Å². The van der Waals surface area contributed by atoms with Crippen molar-refractivity contribution >= 4 is 29.1 Å². The molecule has 0 amide bonds. The van der Waals surface area contributed by atoms with Crippen molar-refractivity contribution in [3.63, 3.8) is 0 Å². The van der Waals surface area contributed by atoms with E-state index in [1.165, 1.54) is 0 Å². The zero-order valence-corrected chi connectivity index (χ0v) is 8.77. The first kappa shape index (κ1) is 9.18. The van der Waals surface area contributed by atoms with E-state index in [9.17, 15) is 5.11 Å². The van der Waals surface area contributed by atoms with E-state index in [1.54, 1.807) is 0 Å². The second kappa shape index (κ2) is 3.08. The van der Waals surface area contributed by atoms with Crippen LogP contribution in [0, 0.1) is 0 Å². The molecule has 2 heterocycles. The van der Waals surface area contributed by atoms with E-state index in [0.717, 1.165) is 24.7 Å². The molecule has 0 bridgehead atoms. The van der Waals surface area contributed by atoms with E-state index in [4.69, 9.17) is 11.6 Å². The highest BCUT2D eigenvalue weighted by molar-refractivity contribution is 6.99. The van der Waals surface area contributed by atoms with Crippen molar-refractivity contribution in [1.82, 2.24) is 8.75 Å². The predicted octanol–water partition coefficient (Wildman–Crippen LogP) is 1.15. The molecule has 1 N–H and O–H groups in total. The van der Waals surface area contributed by atoms with Gasteiger partial charge < -0.3 is 10.0 Å². The molecule has 0 spiro atoms. The molecule has 1 aliphatic heterocycles. The summed E-state index contributed by atoms with van der Waals surface area (Å²) in [5.74, 6) is 0.699. The molecule has 13 heavy (non-hydrogen) atoms. The van der Waals surface area contributed by atoms with Gasteiger partial charge in [0, 0.05) is 13.1 Å². The van der Waals surface area contributed by atoms with E-state index in [2.05, 4.69) is 8.75 Å². The molecule has 0 aliphatic carbocycles. The fourth-order valence-corrected chi connectivity index (χ4v) is 2.27. The highest BCUT2D eigenvalue weighted by Crippen LogP contribution is 2.29. The van der Waals surface area contributed by atoms with Crippen LogP contribution in [0.2, 0.25) is 5.15 Å². The van der Waals surface area contributed by atoms with Crippen molar-refractivity contribution in [2.75, 3.05) is 18.0 Å². The van der Waals surface area contributed by atoms with Gasteiger partial charge in [0.15, 0.2) is 11.0 Å². The van der Waals surface area contributed by atoms with E-state index in [-0.39, 0.29) is 0 Å². The lowest BCUT2D eigenvalue weighted by Gasteiger charge is -2.18. The maximum absolute atomic E-state index is 9.73. The summed E-state index contributed by atoms with van der Waals surface area (Å²) in [6.45, 7) is 3.19. The Morgan fingerprint density at radius 3 is 2.85 bits per heavy atom. The summed E-state index contributed by atoms with van der Waals surface area (Å²) in [6, 6.07) is 0. The van der Waals surface area contributed by atoms with Crippen LogP contribution in [0.4, 0.5) is 5.82 Å². The Morgan fingerprint density at radius 1 is 1.62 bits per heavy atom. The first-order valence-corrected chi connectivity index (χ1v) is 5.15. The average molecular weight is 220 g/mol. The van der Waals surface area contributed by atoms with Crippen LogP contribution in [-0.4, -0.2) is 32.5 Å². The maximum atomic E-state index is 9.73. The molecule has 1 aromatic rings. The summed E-state index contributed by atoms with van der Waals surface area (Å²) in [5, 5.41) is 10.2. The Bertz CT molecular complexity index is 314. The van der Waals surface area contributed by atoms with Crippen LogP contribution >= 0.6 is 23.3 Å². The van der Waals surface area contributed by atoms with Crippen molar-refractivity contribution in [3.05, 3.63) is 5.15 Å². The normalized spacial score (nSPS) is 28.4. The van der Waals surface area contributed by atoms with Gasteiger partial charge >= 0.3 is 0 Å². The molecule has 4 nitrogen and oxygen atoms in total. The third kappa shape index (κ3) is 1.77. The fraction of sp³-hybridized carbons (Fsp3) is 0.714. The van der Waals surface area contributed by atoms with Crippen molar-refractivity contribution in [2.24, 2.45) is 0 Å². The molecular weight excluding hydrogens is 210 g/mol. The van der Waals surface area contributed by atoms with Crippen molar-refractivity contribution in [2.45, 2.75) is 18.9 Å². The Balaban J connectivity index is 2.17. The molecule has 72 valence electrons. The molecule has 0 aromatic carbocycles. The average Bonchev–Trinajstić information content (AvgIpc) is 2.56. The lowest BCUT2D eigenvalue weighted by atomic mass is 10.1. The minimum atomic E-state index is -0.618. The third-order valence-corrected chi connectivity index (χ3v) is 3.06. The minimum Gasteiger partial charge on any atom is -0.388 e. The molecule has 1 atom stereocenters. The number of β-amino-alcohol motifs (C(OH)–C–C–N with tert-alkyl or cyclic N) is 1. The minimum absolute atomic E-state index is 0.433. The zero-order valence-electron chi connectivity index (χ0n) is 7.20. The van der Waals surface area contributed by atoms with E-state index < -0.39 is 5.60 Å². The summed E-state index contributed by atoms with van der Waals surface area (Å²) in [5.41, 5.74) is -0.618. The third-order valence-electron chi connectivity index (χ3n) is 2.18. The van der Waals surface area contributed by atoms with Crippen molar-refractivity contribution in [3.8, 4) is 0 Å². The lowest BCUT2D eigenvalue weighted by Crippen LogP contribution is -2.29. The highest BCUT2D eigenvalue weighted by Gasteiger charge is 2.33. The quantitative estimate of drug-likeness (QED) is 0.770. The Kier molecular flexibility index (Phi) is 2.17. The largest absolute Gasteiger partial charge is 0.388 e. The smallest absolute Gasteiger partial charge is 0.187 e. The Hall–Kier alpha value is -0.390. The van der Waals surface area contributed by atoms with E-state index in [1.807, 2.05) is 11.8 Å². The van der Waals surface area contributed by atoms with Gasteiger partial charge in [0.25, 0.3) is 0 Å². The number of hydrogen-bond donors (Lipinski definition) is 1. The van der Waals surface area contributed by atoms with Crippen LogP contribution in [0.25, 0.3) is 0 Å². The summed E-state index contributed by atoms with van der Waals surface area (Å²) >= 11 is 6.92. The van der Waals surface area contributed by atoms with Gasteiger partial charge in [-0.05, 0) is 13.3 Å². The van der Waals surface area contributed by atoms with Crippen molar-refractivity contribution < 1.29 is 5.11 Å². The lowest BCUT2D eigenvalue weighted by molar-refractivity contribution is 0.0839. The summed E-state index contributed by atoms with van der Waals surface area (Å²) in [4.78, 5) is 1.96. The first-order valence-electron chi connectivity index (χ1n) is 4.04. The van der Waals surface area contributed by atoms with Gasteiger partial charge in [0.1, 0.15) is 0 Å². The predicted molar refractivity (Wildman–Crippen MR) is 52.4 cm³/mol. The fourth-order valence-electron chi connectivity index (χ4n) is 1.49. The number of rotatable bonds is 1. The van der Waals surface area contributed by atoms with Crippen molar-refractivity contribution in [1.29, 1.82) is 0 Å². The topological polar surface area (TPSA) is 49.2 Å². The number of anilines is 1. The standard InChI is InChI=1S/C7H10ClN3OS/c1-7(12)2-3-11(4-7)6-5(8)9-13-10-6/h12H,2-4H2,1H3. The van der Waals surface area contributed by atoms with Gasteiger partial charge in [-0.3, -0.25) is 0 Å². The van der Waals surface area contributed by atoms with Crippen LogP contribution < -0.4 is 4.90 Å². The van der Waals surface area contributed by atoms with Gasteiger partial charge in [-0.1, -0.05) is 11.6 Å². The van der Waals surface area contributed by atoms with Crippen LogP contribution in [0.3, 0.4) is 0 Å². The summed E-state index contributed by atoms with van der Waals surface area (Å²) in [7, 11) is 0. The summed E-state index contributed by atoms with van der Waals surface area (Å²) in [6.07, 6.45) is 0.751. The maximum Gasteiger partial charge on any atom is 0.187 e. The Labute approximate surface area is 85.5 Å². The van der Waals surface area contributed by atoms with Gasteiger partial charge in [0.05, 0.1) is 17.3 Å². The molecule has 1 aromatic heterocycles. The van der Waals surface area contributed by atoms with E-state index in [0.29, 0.717) is 17.5 Å². The second-order valence-electron chi connectivity index (χ2n) is 3.55. The van der Waals surface area contributed by atoms with Gasteiger partial charge in [-0.15, -0.1) is 0 Å². The monoisotopic (exact) mass is 219 g/mol.